The van der Waals surface area contributed by atoms with Crippen LogP contribution in [0, 0.1) is 0 Å². The van der Waals surface area contributed by atoms with Crippen molar-refractivity contribution in [1.82, 2.24) is 25.3 Å². The topological polar surface area (TPSA) is 151 Å². The molecule has 0 bridgehead atoms. The number of aliphatic hydroxyl groups is 1. The molecule has 128 valence electrons. The Morgan fingerprint density at radius 3 is 2.71 bits per heavy atom. The van der Waals surface area contributed by atoms with Crippen LogP contribution in [0.3, 0.4) is 0 Å². The number of carbonyl (C=O) groups is 1. The smallest absolute Gasteiger partial charge is 0.404 e. The van der Waals surface area contributed by atoms with Crippen LogP contribution < -0.4 is 16.4 Å². The molecule has 24 heavy (non-hydrogen) atoms. The van der Waals surface area contributed by atoms with Crippen molar-refractivity contribution >= 4 is 17.5 Å². The van der Waals surface area contributed by atoms with E-state index in [4.69, 9.17) is 10.8 Å². The summed E-state index contributed by atoms with van der Waals surface area (Å²) in [5.41, 5.74) is 6.97. The van der Waals surface area contributed by atoms with Gasteiger partial charge in [0.1, 0.15) is 0 Å². The van der Waals surface area contributed by atoms with Gasteiger partial charge in [0.15, 0.2) is 5.82 Å². The largest absolute Gasteiger partial charge is 0.465 e. The summed E-state index contributed by atoms with van der Waals surface area (Å²) in [5.74, 6) is 0.488. The molecule has 2 heterocycles. The Morgan fingerprint density at radius 2 is 2.00 bits per heavy atom. The van der Waals surface area contributed by atoms with Crippen molar-refractivity contribution in [3.8, 4) is 5.82 Å². The first-order valence-electron chi connectivity index (χ1n) is 7.61. The van der Waals surface area contributed by atoms with Crippen LogP contribution in [0.4, 0.5) is 16.2 Å². The Balaban J connectivity index is 1.77. The molecule has 1 saturated carbocycles. The van der Waals surface area contributed by atoms with Gasteiger partial charge < -0.3 is 26.6 Å². The van der Waals surface area contributed by atoms with Gasteiger partial charge in [0.2, 0.25) is 0 Å². The predicted molar refractivity (Wildman–Crippen MR) is 85.8 cm³/mol. The molecule has 3 unspecified atom stereocenters. The van der Waals surface area contributed by atoms with Gasteiger partial charge in [-0.2, -0.15) is 10.2 Å². The lowest BCUT2D eigenvalue weighted by Gasteiger charge is -2.35. The highest BCUT2D eigenvalue weighted by molar-refractivity contribution is 5.67. The first kappa shape index (κ1) is 16.0. The maximum absolute atomic E-state index is 10.8. The van der Waals surface area contributed by atoms with Gasteiger partial charge in [-0.1, -0.05) is 0 Å². The van der Waals surface area contributed by atoms with Crippen molar-refractivity contribution in [3.05, 3.63) is 24.7 Å². The number of nitrogens with two attached hydrogens (primary N) is 1. The molecule has 2 aromatic rings. The summed E-state index contributed by atoms with van der Waals surface area (Å²) < 4.78 is 0. The molecule has 2 aromatic heterocycles. The molecule has 6 N–H and O–H groups in total. The molecule has 10 nitrogen and oxygen atoms in total. The Morgan fingerprint density at radius 1 is 1.29 bits per heavy atom. The van der Waals surface area contributed by atoms with Gasteiger partial charge >= 0.3 is 6.09 Å². The molecule has 0 saturated heterocycles. The third-order valence-corrected chi connectivity index (χ3v) is 4.05. The molecule has 0 spiro atoms. The molecular weight excluding hydrogens is 314 g/mol. The van der Waals surface area contributed by atoms with Gasteiger partial charge in [-0.25, -0.2) is 9.78 Å². The standard InChI is InChI=1S/C14H19N7O3/c15-8-7-16-12(21-17-4-5-18-21)6-11(8)19-9-2-1-3-10(13(9)22)20-14(23)24/h4-7,9-10,13,20,22H,1-3,15H2,(H,16,19)(H,23,24). The van der Waals surface area contributed by atoms with Crippen LogP contribution in [-0.4, -0.2) is 54.5 Å². The summed E-state index contributed by atoms with van der Waals surface area (Å²) >= 11 is 0. The fourth-order valence-electron chi connectivity index (χ4n) is 2.88. The van der Waals surface area contributed by atoms with Gasteiger partial charge in [0.05, 0.1) is 48.2 Å². The second-order valence-electron chi connectivity index (χ2n) is 5.68. The highest BCUT2D eigenvalue weighted by Crippen LogP contribution is 2.26. The number of hydrogen-bond acceptors (Lipinski definition) is 7. The molecule has 1 fully saturated rings. The summed E-state index contributed by atoms with van der Waals surface area (Å²) in [6.07, 6.45) is 4.66. The molecule has 3 rings (SSSR count). The van der Waals surface area contributed by atoms with E-state index < -0.39 is 18.2 Å². The number of amides is 1. The van der Waals surface area contributed by atoms with Crippen LogP contribution in [0.15, 0.2) is 24.7 Å². The first-order valence-corrected chi connectivity index (χ1v) is 7.61. The lowest BCUT2D eigenvalue weighted by atomic mass is 9.88. The average Bonchev–Trinajstić information content (AvgIpc) is 3.07. The van der Waals surface area contributed by atoms with Crippen LogP contribution in [0.5, 0.6) is 0 Å². The zero-order valence-electron chi connectivity index (χ0n) is 12.8. The summed E-state index contributed by atoms with van der Waals surface area (Å²) in [6, 6.07) is 0.860. The number of nitrogens with zero attached hydrogens (tertiary/aromatic N) is 4. The number of pyridine rings is 1. The molecule has 1 amide bonds. The van der Waals surface area contributed by atoms with E-state index in [-0.39, 0.29) is 6.04 Å². The fraction of sp³-hybridized carbons (Fsp3) is 0.429. The number of aromatic nitrogens is 4. The number of nitrogen functional groups attached to an aromatic ring is 1. The van der Waals surface area contributed by atoms with Gasteiger partial charge in [0, 0.05) is 6.07 Å². The Labute approximate surface area is 137 Å². The summed E-state index contributed by atoms with van der Waals surface area (Å²) in [5, 5.41) is 32.8. The van der Waals surface area contributed by atoms with E-state index in [0.717, 1.165) is 6.42 Å². The minimum atomic E-state index is -1.14. The molecule has 10 heteroatoms. The number of anilines is 2. The monoisotopic (exact) mass is 333 g/mol. The second-order valence-corrected chi connectivity index (χ2v) is 5.68. The SMILES string of the molecule is Nc1cnc(-n2nccn2)cc1NC1CCCC(NC(=O)O)C1O. The predicted octanol–water partition coefficient (Wildman–Crippen LogP) is 0.206. The van der Waals surface area contributed by atoms with Crippen molar-refractivity contribution in [2.45, 2.75) is 37.5 Å². The molecular formula is C14H19N7O3. The van der Waals surface area contributed by atoms with E-state index in [9.17, 15) is 9.90 Å². The van der Waals surface area contributed by atoms with Gasteiger partial charge in [-0.3, -0.25) is 0 Å². The van der Waals surface area contributed by atoms with E-state index >= 15 is 0 Å². The maximum atomic E-state index is 10.8. The van der Waals surface area contributed by atoms with E-state index in [1.807, 2.05) is 0 Å². The molecule has 3 atom stereocenters. The van der Waals surface area contributed by atoms with Crippen molar-refractivity contribution in [2.75, 3.05) is 11.1 Å². The van der Waals surface area contributed by atoms with Crippen molar-refractivity contribution in [2.24, 2.45) is 0 Å². The Kier molecular flexibility index (Phi) is 4.47. The average molecular weight is 333 g/mol. The van der Waals surface area contributed by atoms with Gasteiger partial charge in [-0.05, 0) is 19.3 Å². The van der Waals surface area contributed by atoms with Gasteiger partial charge in [-0.15, -0.1) is 4.80 Å². The summed E-state index contributed by atoms with van der Waals surface area (Å²) in [6.45, 7) is 0. The van der Waals surface area contributed by atoms with Crippen molar-refractivity contribution in [3.63, 3.8) is 0 Å². The van der Waals surface area contributed by atoms with Crippen LogP contribution in [0.2, 0.25) is 0 Å². The van der Waals surface area contributed by atoms with E-state index in [0.29, 0.717) is 30.0 Å². The highest BCUT2D eigenvalue weighted by atomic mass is 16.4. The Hall–Kier alpha value is -2.88. The number of nitrogens with one attached hydrogen (secondary N) is 2. The van der Waals surface area contributed by atoms with Crippen molar-refractivity contribution in [1.29, 1.82) is 0 Å². The fourth-order valence-corrected chi connectivity index (χ4v) is 2.88. The maximum Gasteiger partial charge on any atom is 0.404 e. The quantitative estimate of drug-likeness (QED) is 0.532. The van der Waals surface area contributed by atoms with Crippen LogP contribution in [0.1, 0.15) is 19.3 Å². The number of rotatable bonds is 4. The summed E-state index contributed by atoms with van der Waals surface area (Å²) in [7, 11) is 0. The zero-order chi connectivity index (χ0) is 17.1. The minimum absolute atomic E-state index is 0.321. The van der Waals surface area contributed by atoms with E-state index in [1.54, 1.807) is 6.07 Å². The highest BCUT2D eigenvalue weighted by Gasteiger charge is 2.33. The molecule has 0 aromatic carbocycles. The third kappa shape index (κ3) is 3.38. The van der Waals surface area contributed by atoms with E-state index in [2.05, 4.69) is 25.8 Å². The molecule has 1 aliphatic rings. The number of carboxylic acid groups (broad SMARTS) is 1. The molecule has 1 aliphatic carbocycles. The molecule has 0 radical (unpaired) electrons. The van der Waals surface area contributed by atoms with Gasteiger partial charge in [0.25, 0.3) is 0 Å². The van der Waals surface area contributed by atoms with Crippen LogP contribution in [-0.2, 0) is 0 Å². The lowest BCUT2D eigenvalue weighted by molar-refractivity contribution is 0.0772. The molecule has 0 aliphatic heterocycles. The first-order chi connectivity index (χ1) is 11.5. The van der Waals surface area contributed by atoms with Crippen LogP contribution >= 0.6 is 0 Å². The lowest BCUT2D eigenvalue weighted by Crippen LogP contribution is -2.53. The van der Waals surface area contributed by atoms with E-state index in [1.165, 1.54) is 23.4 Å². The number of aliphatic hydroxyl groups excluding tert-OH is 1. The summed E-state index contributed by atoms with van der Waals surface area (Å²) in [4.78, 5) is 16.3. The minimum Gasteiger partial charge on any atom is -0.465 e. The third-order valence-electron chi connectivity index (χ3n) is 4.05. The number of hydrogen-bond donors (Lipinski definition) is 5. The normalized spacial score (nSPS) is 23.6. The Bertz CT molecular complexity index is 706. The second kappa shape index (κ2) is 6.71. The zero-order valence-corrected chi connectivity index (χ0v) is 12.8. The van der Waals surface area contributed by atoms with Crippen molar-refractivity contribution < 1.29 is 15.0 Å². The van der Waals surface area contributed by atoms with Crippen LogP contribution in [0.25, 0.3) is 5.82 Å².